The van der Waals surface area contributed by atoms with Crippen LogP contribution < -0.4 is 5.32 Å². The molecule has 2 rings (SSSR count). The van der Waals surface area contributed by atoms with Gasteiger partial charge in [0.2, 0.25) is 0 Å². The Kier molecular flexibility index (Phi) is 2.93. The van der Waals surface area contributed by atoms with Crippen LogP contribution in [-0.4, -0.2) is 24.2 Å². The number of aromatic nitrogens is 1. The zero-order valence-electron chi connectivity index (χ0n) is 7.16. The molecule has 1 saturated heterocycles. The molecule has 0 unspecified atom stereocenters. The first-order valence-corrected chi connectivity index (χ1v) is 5.06. The lowest BCUT2D eigenvalue weighted by Crippen LogP contribution is -2.45. The molecule has 1 N–H and O–H groups in total. The number of nitrogens with one attached hydrogen (secondary N) is 1. The molecule has 70 valence electrons. The highest BCUT2D eigenvalue weighted by Gasteiger charge is 2.16. The first-order valence-electron chi connectivity index (χ1n) is 4.27. The minimum absolute atomic E-state index is 0.515. The third-order valence-corrected chi connectivity index (χ3v) is 2.42. The maximum absolute atomic E-state index is 5.05. The Morgan fingerprint density at radius 2 is 2.38 bits per heavy atom. The molecule has 0 atom stereocenters. The van der Waals surface area contributed by atoms with Crippen molar-refractivity contribution < 1.29 is 4.74 Å². The predicted molar refractivity (Wildman–Crippen MR) is 53.4 cm³/mol. The first kappa shape index (κ1) is 9.12. The Balaban J connectivity index is 1.86. The van der Waals surface area contributed by atoms with Crippen LogP contribution >= 0.6 is 15.9 Å². The van der Waals surface area contributed by atoms with E-state index in [1.807, 2.05) is 18.2 Å². The molecule has 1 aromatic heterocycles. The number of nitrogens with zero attached hydrogens (tertiary/aromatic N) is 1. The average Bonchev–Trinajstić information content (AvgIpc) is 2.01. The topological polar surface area (TPSA) is 34.1 Å². The zero-order chi connectivity index (χ0) is 9.10. The molecule has 1 aromatic rings. The van der Waals surface area contributed by atoms with Crippen molar-refractivity contribution in [2.45, 2.75) is 12.6 Å². The summed E-state index contributed by atoms with van der Waals surface area (Å²) >= 11 is 3.34. The number of hydrogen-bond acceptors (Lipinski definition) is 3. The highest BCUT2D eigenvalue weighted by atomic mass is 79.9. The van der Waals surface area contributed by atoms with Crippen LogP contribution in [0.3, 0.4) is 0 Å². The van der Waals surface area contributed by atoms with Crippen molar-refractivity contribution in [3.8, 4) is 0 Å². The van der Waals surface area contributed by atoms with Crippen LogP contribution in [0.2, 0.25) is 0 Å². The number of ether oxygens (including phenoxy) is 1. The van der Waals surface area contributed by atoms with Gasteiger partial charge in [0, 0.05) is 6.54 Å². The molecular formula is C9H11BrN2O. The highest BCUT2D eigenvalue weighted by Crippen LogP contribution is 2.07. The number of halogens is 1. The summed E-state index contributed by atoms with van der Waals surface area (Å²) in [4.78, 5) is 4.32. The van der Waals surface area contributed by atoms with Crippen LogP contribution in [-0.2, 0) is 11.3 Å². The first-order chi connectivity index (χ1) is 6.34. The normalized spacial score (nSPS) is 17.0. The molecule has 2 heterocycles. The smallest absolute Gasteiger partial charge is 0.106 e. The molecule has 0 spiro atoms. The molecular weight excluding hydrogens is 232 g/mol. The summed E-state index contributed by atoms with van der Waals surface area (Å²) in [5.41, 5.74) is 1.06. The van der Waals surface area contributed by atoms with E-state index in [2.05, 4.69) is 26.2 Å². The second-order valence-corrected chi connectivity index (χ2v) is 3.88. The number of pyridine rings is 1. The average molecular weight is 243 g/mol. The number of rotatable bonds is 3. The molecule has 0 aromatic carbocycles. The van der Waals surface area contributed by atoms with E-state index in [0.29, 0.717) is 6.04 Å². The van der Waals surface area contributed by atoms with Gasteiger partial charge in [0.25, 0.3) is 0 Å². The maximum atomic E-state index is 5.05. The number of hydrogen-bond donors (Lipinski definition) is 1. The van der Waals surface area contributed by atoms with E-state index in [9.17, 15) is 0 Å². The minimum Gasteiger partial charge on any atom is -0.378 e. The standard InChI is InChI=1S/C9H11BrN2O/c10-9-3-1-2-7(12-9)4-11-8-5-13-6-8/h1-3,8,11H,4-6H2. The van der Waals surface area contributed by atoms with E-state index < -0.39 is 0 Å². The molecule has 1 aliphatic rings. The summed E-state index contributed by atoms with van der Waals surface area (Å²) in [7, 11) is 0. The van der Waals surface area contributed by atoms with Gasteiger partial charge in [0.05, 0.1) is 24.9 Å². The second-order valence-electron chi connectivity index (χ2n) is 3.07. The van der Waals surface area contributed by atoms with Gasteiger partial charge in [0.15, 0.2) is 0 Å². The van der Waals surface area contributed by atoms with Crippen molar-refractivity contribution in [1.82, 2.24) is 10.3 Å². The summed E-state index contributed by atoms with van der Waals surface area (Å²) in [6, 6.07) is 6.44. The van der Waals surface area contributed by atoms with Crippen LogP contribution in [0.5, 0.6) is 0 Å². The van der Waals surface area contributed by atoms with Gasteiger partial charge in [0.1, 0.15) is 4.60 Å². The summed E-state index contributed by atoms with van der Waals surface area (Å²) < 4.78 is 5.94. The van der Waals surface area contributed by atoms with Crippen molar-refractivity contribution in [3.63, 3.8) is 0 Å². The summed E-state index contributed by atoms with van der Waals surface area (Å²) in [5, 5.41) is 3.35. The minimum atomic E-state index is 0.515. The van der Waals surface area contributed by atoms with Crippen molar-refractivity contribution in [1.29, 1.82) is 0 Å². The van der Waals surface area contributed by atoms with Crippen LogP contribution in [0.25, 0.3) is 0 Å². The quantitative estimate of drug-likeness (QED) is 0.813. The van der Waals surface area contributed by atoms with Gasteiger partial charge < -0.3 is 10.1 Å². The van der Waals surface area contributed by atoms with Gasteiger partial charge in [-0.3, -0.25) is 0 Å². The Bertz CT molecular complexity index is 289. The van der Waals surface area contributed by atoms with Crippen molar-refractivity contribution in [3.05, 3.63) is 28.5 Å². The lowest BCUT2D eigenvalue weighted by Gasteiger charge is -2.26. The van der Waals surface area contributed by atoms with Gasteiger partial charge in [-0.15, -0.1) is 0 Å². The second kappa shape index (κ2) is 4.17. The van der Waals surface area contributed by atoms with Crippen LogP contribution in [0.15, 0.2) is 22.8 Å². The Labute approximate surface area is 85.6 Å². The molecule has 0 radical (unpaired) electrons. The lowest BCUT2D eigenvalue weighted by atomic mass is 10.2. The van der Waals surface area contributed by atoms with E-state index in [-0.39, 0.29) is 0 Å². The molecule has 0 aliphatic carbocycles. The van der Waals surface area contributed by atoms with Gasteiger partial charge in [-0.25, -0.2) is 4.98 Å². The lowest BCUT2D eigenvalue weighted by molar-refractivity contribution is -0.00591. The van der Waals surface area contributed by atoms with Crippen LogP contribution in [0, 0.1) is 0 Å². The third kappa shape index (κ3) is 2.49. The van der Waals surface area contributed by atoms with Gasteiger partial charge in [-0.2, -0.15) is 0 Å². The van der Waals surface area contributed by atoms with Gasteiger partial charge in [-0.05, 0) is 28.1 Å². The molecule has 0 amide bonds. The van der Waals surface area contributed by atoms with E-state index >= 15 is 0 Å². The summed E-state index contributed by atoms with van der Waals surface area (Å²) in [6.45, 7) is 2.47. The predicted octanol–water partition coefficient (Wildman–Crippen LogP) is 1.33. The highest BCUT2D eigenvalue weighted by molar-refractivity contribution is 9.10. The van der Waals surface area contributed by atoms with Crippen molar-refractivity contribution >= 4 is 15.9 Å². The van der Waals surface area contributed by atoms with Gasteiger partial charge in [-0.1, -0.05) is 6.07 Å². The zero-order valence-corrected chi connectivity index (χ0v) is 8.75. The molecule has 0 bridgehead atoms. The molecule has 1 fully saturated rings. The molecule has 0 saturated carbocycles. The maximum Gasteiger partial charge on any atom is 0.106 e. The van der Waals surface area contributed by atoms with E-state index in [1.165, 1.54) is 0 Å². The van der Waals surface area contributed by atoms with E-state index in [0.717, 1.165) is 30.1 Å². The van der Waals surface area contributed by atoms with Crippen molar-refractivity contribution in [2.75, 3.05) is 13.2 Å². The Hall–Kier alpha value is -0.450. The van der Waals surface area contributed by atoms with Crippen LogP contribution in [0.1, 0.15) is 5.69 Å². The fourth-order valence-corrected chi connectivity index (χ4v) is 1.53. The Morgan fingerprint density at radius 3 is 3.00 bits per heavy atom. The molecule has 13 heavy (non-hydrogen) atoms. The monoisotopic (exact) mass is 242 g/mol. The molecule has 1 aliphatic heterocycles. The van der Waals surface area contributed by atoms with Crippen molar-refractivity contribution in [2.24, 2.45) is 0 Å². The molecule has 3 nitrogen and oxygen atoms in total. The van der Waals surface area contributed by atoms with E-state index in [4.69, 9.17) is 4.74 Å². The fraction of sp³-hybridized carbons (Fsp3) is 0.444. The summed E-state index contributed by atoms with van der Waals surface area (Å²) in [5.74, 6) is 0. The summed E-state index contributed by atoms with van der Waals surface area (Å²) in [6.07, 6.45) is 0. The Morgan fingerprint density at radius 1 is 1.54 bits per heavy atom. The van der Waals surface area contributed by atoms with Gasteiger partial charge >= 0.3 is 0 Å². The third-order valence-electron chi connectivity index (χ3n) is 1.98. The largest absolute Gasteiger partial charge is 0.378 e. The van der Waals surface area contributed by atoms with E-state index in [1.54, 1.807) is 0 Å². The van der Waals surface area contributed by atoms with Crippen LogP contribution in [0.4, 0.5) is 0 Å². The SMILES string of the molecule is Brc1cccc(CNC2COC2)n1. The fourth-order valence-electron chi connectivity index (χ4n) is 1.15. The molecule has 4 heteroatoms.